The monoisotopic (exact) mass is 564 g/mol. The van der Waals surface area contributed by atoms with Gasteiger partial charge in [-0.05, 0) is 127 Å². The van der Waals surface area contributed by atoms with Gasteiger partial charge in [0.15, 0.2) is 0 Å². The molecule has 3 heteroatoms. The Bertz CT molecular complexity index is 1270. The number of phenolic OH excluding ortho intramolecular Hbond substituents is 3. The first-order chi connectivity index (χ1) is 20.4. The van der Waals surface area contributed by atoms with E-state index in [0.717, 1.165) is 71.9 Å². The number of benzene rings is 4. The Morgan fingerprint density at radius 2 is 0.667 bits per heavy atom. The summed E-state index contributed by atoms with van der Waals surface area (Å²) in [4.78, 5) is 0. The van der Waals surface area contributed by atoms with E-state index in [0.29, 0.717) is 0 Å². The Kier molecular flexibility index (Phi) is 11.5. The molecule has 0 bridgehead atoms. The predicted molar refractivity (Wildman–Crippen MR) is 177 cm³/mol. The molecule has 0 aliphatic heterocycles. The summed E-state index contributed by atoms with van der Waals surface area (Å²) >= 11 is 0. The van der Waals surface area contributed by atoms with Crippen LogP contribution >= 0.6 is 0 Å². The number of rotatable bonds is 15. The molecule has 0 aromatic heterocycles. The summed E-state index contributed by atoms with van der Waals surface area (Å²) in [5.74, 6) is 0.687. The van der Waals surface area contributed by atoms with Gasteiger partial charge in [0.1, 0.15) is 17.2 Å². The molecule has 0 amide bonds. The van der Waals surface area contributed by atoms with Gasteiger partial charge >= 0.3 is 0 Å². The standard InChI is InChI=1S/C39H48O3/c1-4-7-10-13-28-16-19-37(40)34(22-28)31-25-32(35-23-29(14-11-8-5-2)17-20-38(35)41)27-33(26-31)36-24-30(15-12-9-6-3)18-21-39(36)42/h16-27,40-42H,4-15H2,1-3H3. The summed E-state index contributed by atoms with van der Waals surface area (Å²) in [5.41, 5.74) is 8.49. The molecule has 0 aliphatic carbocycles. The van der Waals surface area contributed by atoms with Crippen LogP contribution in [0.15, 0.2) is 72.8 Å². The Labute approximate surface area is 252 Å². The van der Waals surface area contributed by atoms with E-state index >= 15 is 0 Å². The second-order valence-corrected chi connectivity index (χ2v) is 11.7. The van der Waals surface area contributed by atoms with Crippen LogP contribution in [0.1, 0.15) is 95.2 Å². The number of phenols is 3. The third-order valence-corrected chi connectivity index (χ3v) is 8.26. The molecule has 0 saturated carbocycles. The summed E-state index contributed by atoms with van der Waals surface area (Å²) in [6, 6.07) is 23.9. The third-order valence-electron chi connectivity index (χ3n) is 8.26. The van der Waals surface area contributed by atoms with Crippen molar-refractivity contribution in [2.45, 2.75) is 97.8 Å². The van der Waals surface area contributed by atoms with E-state index < -0.39 is 0 Å². The summed E-state index contributed by atoms with van der Waals surface area (Å²) in [6.45, 7) is 6.62. The molecule has 3 N–H and O–H groups in total. The van der Waals surface area contributed by atoms with Crippen molar-refractivity contribution in [3.8, 4) is 50.6 Å². The van der Waals surface area contributed by atoms with Gasteiger partial charge < -0.3 is 15.3 Å². The van der Waals surface area contributed by atoms with E-state index in [4.69, 9.17) is 0 Å². The molecule has 4 aromatic rings. The Hall–Kier alpha value is -3.72. The van der Waals surface area contributed by atoms with Gasteiger partial charge in [0.2, 0.25) is 0 Å². The number of aromatic hydroxyl groups is 3. The molecular formula is C39H48O3. The molecule has 0 radical (unpaired) electrons. The average Bonchev–Trinajstić information content (AvgIpc) is 3.00. The van der Waals surface area contributed by atoms with E-state index in [-0.39, 0.29) is 17.2 Å². The minimum atomic E-state index is 0.229. The highest BCUT2D eigenvalue weighted by atomic mass is 16.3. The summed E-state index contributed by atoms with van der Waals surface area (Å²) in [7, 11) is 0. The normalized spacial score (nSPS) is 11.2. The van der Waals surface area contributed by atoms with Gasteiger partial charge in [0, 0.05) is 16.7 Å². The lowest BCUT2D eigenvalue weighted by atomic mass is 9.90. The zero-order valence-corrected chi connectivity index (χ0v) is 25.8. The van der Waals surface area contributed by atoms with Crippen molar-refractivity contribution in [2.24, 2.45) is 0 Å². The zero-order chi connectivity index (χ0) is 29.9. The maximum absolute atomic E-state index is 11.0. The largest absolute Gasteiger partial charge is 0.507 e. The van der Waals surface area contributed by atoms with Crippen LogP contribution in [0.25, 0.3) is 33.4 Å². The zero-order valence-electron chi connectivity index (χ0n) is 25.8. The Balaban J connectivity index is 1.85. The Morgan fingerprint density at radius 3 is 0.929 bits per heavy atom. The number of hydrogen-bond acceptors (Lipinski definition) is 3. The molecule has 0 heterocycles. The van der Waals surface area contributed by atoms with Gasteiger partial charge in [-0.3, -0.25) is 0 Å². The van der Waals surface area contributed by atoms with Crippen LogP contribution in [0.5, 0.6) is 17.2 Å². The maximum atomic E-state index is 11.0. The van der Waals surface area contributed by atoms with E-state index in [1.54, 1.807) is 18.2 Å². The molecule has 222 valence electrons. The number of unbranched alkanes of at least 4 members (excludes halogenated alkanes) is 6. The van der Waals surface area contributed by atoms with Crippen molar-refractivity contribution in [3.63, 3.8) is 0 Å². The molecule has 0 fully saturated rings. The summed E-state index contributed by atoms with van der Waals surface area (Å²) in [6.07, 6.45) is 13.3. The molecular weight excluding hydrogens is 516 g/mol. The summed E-state index contributed by atoms with van der Waals surface area (Å²) < 4.78 is 0. The molecule has 0 aliphatic rings. The lowest BCUT2D eigenvalue weighted by Crippen LogP contribution is -1.92. The molecule has 4 rings (SSSR count). The van der Waals surface area contributed by atoms with Crippen LogP contribution in [0.3, 0.4) is 0 Å². The van der Waals surface area contributed by atoms with Crippen molar-refractivity contribution >= 4 is 0 Å². The first-order valence-corrected chi connectivity index (χ1v) is 16.0. The SMILES string of the molecule is CCCCCc1ccc(O)c(-c2cc(-c3cc(CCCCC)ccc3O)cc(-c3cc(CCCCC)ccc3O)c2)c1. The molecule has 3 nitrogen and oxygen atoms in total. The molecule has 42 heavy (non-hydrogen) atoms. The van der Waals surface area contributed by atoms with Crippen LogP contribution in [0.2, 0.25) is 0 Å². The van der Waals surface area contributed by atoms with Crippen molar-refractivity contribution < 1.29 is 15.3 Å². The van der Waals surface area contributed by atoms with Gasteiger partial charge in [-0.1, -0.05) is 77.5 Å². The van der Waals surface area contributed by atoms with Crippen LogP contribution < -0.4 is 0 Å². The number of aryl methyl sites for hydroxylation is 3. The van der Waals surface area contributed by atoms with E-state index in [1.807, 2.05) is 18.2 Å². The van der Waals surface area contributed by atoms with E-state index in [1.165, 1.54) is 55.2 Å². The molecule has 4 aromatic carbocycles. The molecule has 0 atom stereocenters. The lowest BCUT2D eigenvalue weighted by Gasteiger charge is -2.16. The van der Waals surface area contributed by atoms with E-state index in [2.05, 4.69) is 57.2 Å². The van der Waals surface area contributed by atoms with Gasteiger partial charge in [0.05, 0.1) is 0 Å². The van der Waals surface area contributed by atoms with Gasteiger partial charge in [-0.15, -0.1) is 0 Å². The van der Waals surface area contributed by atoms with Crippen molar-refractivity contribution in [3.05, 3.63) is 89.5 Å². The first-order valence-electron chi connectivity index (χ1n) is 16.0. The second-order valence-electron chi connectivity index (χ2n) is 11.7. The van der Waals surface area contributed by atoms with Crippen molar-refractivity contribution in [1.82, 2.24) is 0 Å². The smallest absolute Gasteiger partial charge is 0.123 e. The van der Waals surface area contributed by atoms with Crippen LogP contribution in [0.4, 0.5) is 0 Å². The van der Waals surface area contributed by atoms with Crippen LogP contribution in [0, 0.1) is 0 Å². The van der Waals surface area contributed by atoms with E-state index in [9.17, 15) is 15.3 Å². The summed E-state index contributed by atoms with van der Waals surface area (Å²) in [5, 5.41) is 33.1. The molecule has 0 unspecified atom stereocenters. The highest BCUT2D eigenvalue weighted by Gasteiger charge is 2.16. The number of hydrogen-bond donors (Lipinski definition) is 3. The van der Waals surface area contributed by atoms with Crippen molar-refractivity contribution in [1.29, 1.82) is 0 Å². The predicted octanol–water partition coefficient (Wildman–Crippen LogP) is 11.0. The highest BCUT2D eigenvalue weighted by molar-refractivity contribution is 5.86. The van der Waals surface area contributed by atoms with Gasteiger partial charge in [-0.25, -0.2) is 0 Å². The van der Waals surface area contributed by atoms with Crippen molar-refractivity contribution in [2.75, 3.05) is 0 Å². The molecule has 0 spiro atoms. The average molecular weight is 565 g/mol. The van der Waals surface area contributed by atoms with Crippen LogP contribution in [-0.2, 0) is 19.3 Å². The maximum Gasteiger partial charge on any atom is 0.123 e. The Morgan fingerprint density at radius 1 is 0.381 bits per heavy atom. The lowest BCUT2D eigenvalue weighted by molar-refractivity contribution is 0.477. The fraction of sp³-hybridized carbons (Fsp3) is 0.385. The minimum Gasteiger partial charge on any atom is -0.507 e. The third kappa shape index (κ3) is 8.18. The topological polar surface area (TPSA) is 60.7 Å². The highest BCUT2D eigenvalue weighted by Crippen LogP contribution is 2.41. The quantitative estimate of drug-likeness (QED) is 0.126. The van der Waals surface area contributed by atoms with Gasteiger partial charge in [0.25, 0.3) is 0 Å². The first kappa shape index (κ1) is 31.2. The molecule has 0 saturated heterocycles. The fourth-order valence-corrected chi connectivity index (χ4v) is 5.74. The minimum absolute atomic E-state index is 0.229. The fourth-order valence-electron chi connectivity index (χ4n) is 5.74. The second kappa shape index (κ2) is 15.5. The van der Waals surface area contributed by atoms with Crippen LogP contribution in [-0.4, -0.2) is 15.3 Å². The van der Waals surface area contributed by atoms with Gasteiger partial charge in [-0.2, -0.15) is 0 Å².